The molecule has 0 saturated carbocycles. The third kappa shape index (κ3) is 2.19. The number of halogens is 1. The van der Waals surface area contributed by atoms with Crippen molar-refractivity contribution in [3.8, 4) is 17.0 Å². The van der Waals surface area contributed by atoms with Crippen LogP contribution in [0.1, 0.15) is 5.01 Å². The standard InChI is InChI=1S/C11H10ClNO2S/c1-15-7-2-3-8(9(12)4-7)10-6-16-11(5-14)13-10/h2-4,6,14H,5H2,1H3. The molecule has 1 aromatic heterocycles. The van der Waals surface area contributed by atoms with Crippen LogP contribution in [0.2, 0.25) is 5.02 Å². The molecule has 0 amide bonds. The Morgan fingerprint density at radius 1 is 1.50 bits per heavy atom. The van der Waals surface area contributed by atoms with E-state index in [9.17, 15) is 0 Å². The van der Waals surface area contributed by atoms with Gasteiger partial charge in [-0.1, -0.05) is 11.6 Å². The predicted octanol–water partition coefficient (Wildman–Crippen LogP) is 2.96. The zero-order valence-electron chi connectivity index (χ0n) is 8.61. The number of aliphatic hydroxyl groups is 1. The lowest BCUT2D eigenvalue weighted by molar-refractivity contribution is 0.281. The van der Waals surface area contributed by atoms with Crippen molar-refractivity contribution >= 4 is 22.9 Å². The Kier molecular flexibility index (Phi) is 3.43. The molecule has 1 aromatic carbocycles. The van der Waals surface area contributed by atoms with Crippen LogP contribution < -0.4 is 4.74 Å². The van der Waals surface area contributed by atoms with Crippen LogP contribution in [0.3, 0.4) is 0 Å². The van der Waals surface area contributed by atoms with Crippen molar-refractivity contribution in [2.45, 2.75) is 6.61 Å². The Hall–Kier alpha value is -1.10. The first-order chi connectivity index (χ1) is 7.74. The number of hydrogen-bond acceptors (Lipinski definition) is 4. The van der Waals surface area contributed by atoms with Gasteiger partial charge in [-0.2, -0.15) is 0 Å². The molecule has 1 N–H and O–H groups in total. The van der Waals surface area contributed by atoms with E-state index in [0.29, 0.717) is 15.8 Å². The first-order valence-electron chi connectivity index (χ1n) is 4.63. The normalized spacial score (nSPS) is 10.4. The molecule has 5 heteroatoms. The lowest BCUT2D eigenvalue weighted by Gasteiger charge is -2.03. The van der Waals surface area contributed by atoms with Crippen molar-refractivity contribution in [1.29, 1.82) is 0 Å². The van der Waals surface area contributed by atoms with Crippen LogP contribution >= 0.6 is 22.9 Å². The molecular weight excluding hydrogens is 246 g/mol. The van der Waals surface area contributed by atoms with Gasteiger partial charge < -0.3 is 9.84 Å². The average Bonchev–Trinajstić information content (AvgIpc) is 2.77. The number of benzene rings is 1. The zero-order valence-corrected chi connectivity index (χ0v) is 10.2. The van der Waals surface area contributed by atoms with E-state index in [-0.39, 0.29) is 6.61 Å². The molecule has 0 atom stereocenters. The molecule has 0 unspecified atom stereocenters. The van der Waals surface area contributed by atoms with Gasteiger partial charge in [0.15, 0.2) is 0 Å². The van der Waals surface area contributed by atoms with E-state index in [2.05, 4.69) is 4.98 Å². The summed E-state index contributed by atoms with van der Waals surface area (Å²) in [5.41, 5.74) is 1.63. The van der Waals surface area contributed by atoms with Crippen LogP contribution in [-0.2, 0) is 6.61 Å². The van der Waals surface area contributed by atoms with Crippen LogP contribution in [0.4, 0.5) is 0 Å². The second kappa shape index (κ2) is 4.82. The highest BCUT2D eigenvalue weighted by molar-refractivity contribution is 7.09. The molecule has 0 aliphatic heterocycles. The lowest BCUT2D eigenvalue weighted by atomic mass is 10.1. The number of ether oxygens (including phenoxy) is 1. The van der Waals surface area contributed by atoms with Crippen molar-refractivity contribution in [3.63, 3.8) is 0 Å². The second-order valence-electron chi connectivity index (χ2n) is 3.13. The summed E-state index contributed by atoms with van der Waals surface area (Å²) in [6.07, 6.45) is 0. The molecule has 84 valence electrons. The summed E-state index contributed by atoms with van der Waals surface area (Å²) in [6, 6.07) is 5.44. The van der Waals surface area contributed by atoms with E-state index < -0.39 is 0 Å². The van der Waals surface area contributed by atoms with Gasteiger partial charge in [-0.3, -0.25) is 0 Å². The summed E-state index contributed by atoms with van der Waals surface area (Å²) in [7, 11) is 1.60. The average molecular weight is 256 g/mol. The first-order valence-corrected chi connectivity index (χ1v) is 5.89. The topological polar surface area (TPSA) is 42.4 Å². The maximum atomic E-state index is 8.94. The predicted molar refractivity (Wildman–Crippen MR) is 65.0 cm³/mol. The molecule has 2 aromatic rings. The van der Waals surface area contributed by atoms with Crippen molar-refractivity contribution in [2.75, 3.05) is 7.11 Å². The molecule has 3 nitrogen and oxygen atoms in total. The second-order valence-corrected chi connectivity index (χ2v) is 4.48. The molecule has 1 heterocycles. The minimum absolute atomic E-state index is 0.0432. The van der Waals surface area contributed by atoms with E-state index >= 15 is 0 Å². The van der Waals surface area contributed by atoms with E-state index in [0.717, 1.165) is 11.3 Å². The number of methoxy groups -OCH3 is 1. The van der Waals surface area contributed by atoms with Crippen molar-refractivity contribution in [1.82, 2.24) is 4.98 Å². The molecule has 0 aliphatic carbocycles. The number of hydrogen-bond donors (Lipinski definition) is 1. The third-order valence-corrected chi connectivity index (χ3v) is 3.29. The van der Waals surface area contributed by atoms with Gasteiger partial charge >= 0.3 is 0 Å². The maximum absolute atomic E-state index is 8.94. The Balaban J connectivity index is 2.40. The fourth-order valence-electron chi connectivity index (χ4n) is 1.34. The van der Waals surface area contributed by atoms with Crippen LogP contribution in [0.15, 0.2) is 23.6 Å². The highest BCUT2D eigenvalue weighted by atomic mass is 35.5. The Bertz CT molecular complexity index is 498. The van der Waals surface area contributed by atoms with E-state index in [1.807, 2.05) is 17.5 Å². The summed E-state index contributed by atoms with van der Waals surface area (Å²) in [6.45, 7) is -0.0432. The monoisotopic (exact) mass is 255 g/mol. The summed E-state index contributed by atoms with van der Waals surface area (Å²) < 4.78 is 5.07. The minimum atomic E-state index is -0.0432. The molecule has 0 bridgehead atoms. The number of aromatic nitrogens is 1. The van der Waals surface area contributed by atoms with Crippen LogP contribution in [-0.4, -0.2) is 17.2 Å². The SMILES string of the molecule is COc1ccc(-c2csc(CO)n2)c(Cl)c1. The first kappa shape index (κ1) is 11.4. The molecule has 0 saturated heterocycles. The summed E-state index contributed by atoms with van der Waals surface area (Å²) in [4.78, 5) is 4.26. The molecule has 16 heavy (non-hydrogen) atoms. The van der Waals surface area contributed by atoms with Crippen molar-refractivity contribution in [3.05, 3.63) is 33.6 Å². The van der Waals surface area contributed by atoms with Gasteiger partial charge in [0, 0.05) is 10.9 Å². The molecule has 0 radical (unpaired) electrons. The van der Waals surface area contributed by atoms with E-state index in [1.54, 1.807) is 13.2 Å². The van der Waals surface area contributed by atoms with Gasteiger partial charge in [-0.25, -0.2) is 4.98 Å². The highest BCUT2D eigenvalue weighted by Gasteiger charge is 2.08. The molecule has 0 fully saturated rings. The Labute approximate surface area is 102 Å². The van der Waals surface area contributed by atoms with Gasteiger partial charge in [0.1, 0.15) is 10.8 Å². The zero-order chi connectivity index (χ0) is 11.5. The smallest absolute Gasteiger partial charge is 0.120 e. The van der Waals surface area contributed by atoms with E-state index in [4.69, 9.17) is 21.4 Å². The molecule has 0 aliphatic rings. The number of aliphatic hydroxyl groups excluding tert-OH is 1. The third-order valence-electron chi connectivity index (χ3n) is 2.14. The van der Waals surface area contributed by atoms with Gasteiger partial charge in [-0.05, 0) is 18.2 Å². The van der Waals surface area contributed by atoms with Crippen LogP contribution in [0.25, 0.3) is 11.3 Å². The number of nitrogens with zero attached hydrogens (tertiary/aromatic N) is 1. The quantitative estimate of drug-likeness (QED) is 0.917. The number of thiazole rings is 1. The maximum Gasteiger partial charge on any atom is 0.120 e. The largest absolute Gasteiger partial charge is 0.497 e. The van der Waals surface area contributed by atoms with Gasteiger partial charge in [0.2, 0.25) is 0 Å². The summed E-state index contributed by atoms with van der Waals surface area (Å²) in [5.74, 6) is 0.714. The Morgan fingerprint density at radius 3 is 2.88 bits per heavy atom. The van der Waals surface area contributed by atoms with Crippen molar-refractivity contribution in [2.24, 2.45) is 0 Å². The molecule has 0 spiro atoms. The van der Waals surface area contributed by atoms with Gasteiger partial charge in [-0.15, -0.1) is 11.3 Å². The summed E-state index contributed by atoms with van der Waals surface area (Å²) >= 11 is 7.53. The minimum Gasteiger partial charge on any atom is -0.497 e. The van der Waals surface area contributed by atoms with Crippen LogP contribution in [0.5, 0.6) is 5.75 Å². The van der Waals surface area contributed by atoms with Crippen LogP contribution in [0, 0.1) is 0 Å². The Morgan fingerprint density at radius 2 is 2.31 bits per heavy atom. The van der Waals surface area contributed by atoms with Gasteiger partial charge in [0.05, 0.1) is 24.4 Å². The lowest BCUT2D eigenvalue weighted by Crippen LogP contribution is -1.86. The fraction of sp³-hybridized carbons (Fsp3) is 0.182. The molecule has 2 rings (SSSR count). The van der Waals surface area contributed by atoms with Gasteiger partial charge in [0.25, 0.3) is 0 Å². The highest BCUT2D eigenvalue weighted by Crippen LogP contribution is 2.31. The molecular formula is C11H10ClNO2S. The van der Waals surface area contributed by atoms with E-state index in [1.165, 1.54) is 11.3 Å². The van der Waals surface area contributed by atoms with Crippen molar-refractivity contribution < 1.29 is 9.84 Å². The summed E-state index contributed by atoms with van der Waals surface area (Å²) in [5, 5.41) is 12.1. The fourth-order valence-corrected chi connectivity index (χ4v) is 2.26. The number of rotatable bonds is 3.